The molecular formula is C27H30N6O. The van der Waals surface area contributed by atoms with Crippen molar-refractivity contribution >= 4 is 11.6 Å². The molecule has 174 valence electrons. The molecule has 1 amide bonds. The van der Waals surface area contributed by atoms with Crippen molar-refractivity contribution in [2.45, 2.75) is 46.3 Å². The first-order chi connectivity index (χ1) is 16.5. The fourth-order valence-electron chi connectivity index (χ4n) is 4.48. The topological polar surface area (TPSA) is 78.8 Å². The Balaban J connectivity index is 1.44. The predicted molar refractivity (Wildman–Crippen MR) is 134 cm³/mol. The highest BCUT2D eigenvalue weighted by atomic mass is 16.1. The molecule has 34 heavy (non-hydrogen) atoms. The van der Waals surface area contributed by atoms with Crippen molar-refractivity contribution in [1.82, 2.24) is 24.6 Å². The van der Waals surface area contributed by atoms with Crippen LogP contribution >= 0.6 is 0 Å². The zero-order valence-corrected chi connectivity index (χ0v) is 19.9. The van der Waals surface area contributed by atoms with Gasteiger partial charge in [-0.1, -0.05) is 56.3 Å². The van der Waals surface area contributed by atoms with E-state index in [1.54, 1.807) is 0 Å². The second kappa shape index (κ2) is 9.27. The van der Waals surface area contributed by atoms with Gasteiger partial charge in [0.2, 0.25) is 5.91 Å². The first-order valence-corrected chi connectivity index (χ1v) is 11.8. The molecule has 7 nitrogen and oxygen atoms in total. The number of nitrogens with zero attached hydrogens (tertiary/aromatic N) is 4. The molecule has 4 aromatic rings. The van der Waals surface area contributed by atoms with Gasteiger partial charge in [0.1, 0.15) is 5.69 Å². The number of carbonyl (C=O) groups excluding carboxylic acids is 1. The maximum Gasteiger partial charge on any atom is 0.221 e. The molecule has 0 saturated carbocycles. The van der Waals surface area contributed by atoms with Gasteiger partial charge in [-0.2, -0.15) is 5.10 Å². The van der Waals surface area contributed by atoms with Gasteiger partial charge in [-0.05, 0) is 29.7 Å². The van der Waals surface area contributed by atoms with Crippen LogP contribution in [-0.4, -0.2) is 37.1 Å². The molecule has 0 aliphatic carbocycles. The van der Waals surface area contributed by atoms with Crippen LogP contribution in [-0.2, 0) is 24.4 Å². The summed E-state index contributed by atoms with van der Waals surface area (Å²) >= 11 is 0. The third-order valence-corrected chi connectivity index (χ3v) is 6.26. The van der Waals surface area contributed by atoms with E-state index in [9.17, 15) is 4.79 Å². The number of benzene rings is 2. The number of aromatic amines is 1. The molecule has 0 fully saturated rings. The van der Waals surface area contributed by atoms with Gasteiger partial charge in [0.15, 0.2) is 5.82 Å². The van der Waals surface area contributed by atoms with Crippen molar-refractivity contribution in [3.63, 3.8) is 0 Å². The summed E-state index contributed by atoms with van der Waals surface area (Å²) in [7, 11) is 0. The molecule has 1 aliphatic rings. The molecule has 0 atom stereocenters. The van der Waals surface area contributed by atoms with Crippen molar-refractivity contribution in [3.8, 4) is 22.8 Å². The lowest BCUT2D eigenvalue weighted by Gasteiger charge is -2.29. The number of hydrogen-bond acceptors (Lipinski definition) is 4. The average Bonchev–Trinajstić information content (AvgIpc) is 3.46. The Morgan fingerprint density at radius 3 is 2.53 bits per heavy atom. The summed E-state index contributed by atoms with van der Waals surface area (Å²) in [4.78, 5) is 18.8. The maximum atomic E-state index is 11.3. The number of rotatable bonds is 6. The third-order valence-electron chi connectivity index (χ3n) is 6.26. The molecule has 0 spiro atoms. The van der Waals surface area contributed by atoms with Crippen molar-refractivity contribution in [1.29, 1.82) is 0 Å². The van der Waals surface area contributed by atoms with Crippen molar-refractivity contribution in [3.05, 3.63) is 77.6 Å². The first kappa shape index (κ1) is 22.1. The number of anilines is 1. The van der Waals surface area contributed by atoms with E-state index in [0.29, 0.717) is 5.92 Å². The fraction of sp³-hybridized carbons (Fsp3) is 0.296. The molecule has 2 aromatic carbocycles. The van der Waals surface area contributed by atoms with Crippen molar-refractivity contribution in [2.75, 3.05) is 11.9 Å². The number of imidazole rings is 1. The number of H-pyrrole nitrogens is 1. The van der Waals surface area contributed by atoms with Crippen LogP contribution in [0.4, 0.5) is 5.69 Å². The molecule has 7 heteroatoms. The molecule has 5 rings (SSSR count). The Hall–Kier alpha value is -3.71. The summed E-state index contributed by atoms with van der Waals surface area (Å²) in [5.41, 5.74) is 7.43. The lowest BCUT2D eigenvalue weighted by molar-refractivity contribution is -0.114. The van der Waals surface area contributed by atoms with Crippen LogP contribution < -0.4 is 5.32 Å². The fourth-order valence-corrected chi connectivity index (χ4v) is 4.48. The van der Waals surface area contributed by atoms with Crippen molar-refractivity contribution in [2.24, 2.45) is 0 Å². The van der Waals surface area contributed by atoms with Crippen molar-refractivity contribution < 1.29 is 4.79 Å². The highest BCUT2D eigenvalue weighted by Gasteiger charge is 2.26. The van der Waals surface area contributed by atoms with Gasteiger partial charge in [-0.3, -0.25) is 14.8 Å². The quantitative estimate of drug-likeness (QED) is 0.428. The molecule has 0 radical (unpaired) electrons. The van der Waals surface area contributed by atoms with Gasteiger partial charge >= 0.3 is 0 Å². The molecule has 2 aromatic heterocycles. The van der Waals surface area contributed by atoms with E-state index in [-0.39, 0.29) is 5.91 Å². The lowest BCUT2D eigenvalue weighted by Crippen LogP contribution is -2.33. The Morgan fingerprint density at radius 2 is 1.85 bits per heavy atom. The van der Waals surface area contributed by atoms with Crippen LogP contribution in [0.15, 0.2) is 60.7 Å². The van der Waals surface area contributed by atoms with Gasteiger partial charge in [-0.15, -0.1) is 0 Å². The first-order valence-electron chi connectivity index (χ1n) is 11.8. The lowest BCUT2D eigenvalue weighted by atomic mass is 10.1. The Labute approximate surface area is 199 Å². The highest BCUT2D eigenvalue weighted by molar-refractivity contribution is 5.88. The molecule has 0 bridgehead atoms. The average molecular weight is 455 g/mol. The molecule has 3 heterocycles. The van der Waals surface area contributed by atoms with Crippen LogP contribution in [0.5, 0.6) is 0 Å². The molecule has 2 N–H and O–H groups in total. The predicted octanol–water partition coefficient (Wildman–Crippen LogP) is 5.04. The summed E-state index contributed by atoms with van der Waals surface area (Å²) in [6, 6.07) is 20.6. The van der Waals surface area contributed by atoms with Gasteiger partial charge in [0.25, 0.3) is 0 Å². The Kier molecular flexibility index (Phi) is 6.02. The number of aromatic nitrogens is 4. The van der Waals surface area contributed by atoms with E-state index in [1.165, 1.54) is 18.2 Å². The minimum absolute atomic E-state index is 0.0567. The number of hydrogen-bond donors (Lipinski definition) is 2. The highest BCUT2D eigenvalue weighted by Crippen LogP contribution is 2.33. The van der Waals surface area contributed by atoms with Crippen LogP contribution in [0.3, 0.4) is 0 Å². The number of carbonyl (C=O) groups is 1. The Morgan fingerprint density at radius 1 is 1.09 bits per heavy atom. The second-order valence-corrected chi connectivity index (χ2v) is 9.20. The van der Waals surface area contributed by atoms with Gasteiger partial charge < -0.3 is 9.88 Å². The normalized spacial score (nSPS) is 13.8. The number of nitrogens with one attached hydrogen (secondary N) is 2. The summed E-state index contributed by atoms with van der Waals surface area (Å²) in [5, 5.41) is 10.6. The molecular weight excluding hydrogens is 424 g/mol. The van der Waals surface area contributed by atoms with Crippen LogP contribution in [0.1, 0.15) is 43.6 Å². The minimum Gasteiger partial charge on any atom is -0.326 e. The van der Waals surface area contributed by atoms with E-state index in [0.717, 1.165) is 60.3 Å². The van der Waals surface area contributed by atoms with Crippen LogP contribution in [0, 0.1) is 0 Å². The Bertz CT molecular complexity index is 1290. The summed E-state index contributed by atoms with van der Waals surface area (Å²) in [6.07, 6.45) is 0. The standard InChI is InChI=1S/C27H30N6O/c1-18(2)23-15-24(31-30-23)27-29-26(21-7-5-4-6-8-21)25-17-32(13-14-33(25)27)16-20-9-11-22(12-10-20)28-19(3)34/h4-12,15,18H,13-14,16-17H2,1-3H3,(H,28,34)(H,30,31). The van der Waals surface area contributed by atoms with Crippen LogP contribution in [0.2, 0.25) is 0 Å². The largest absolute Gasteiger partial charge is 0.326 e. The smallest absolute Gasteiger partial charge is 0.221 e. The zero-order chi connectivity index (χ0) is 23.7. The van der Waals surface area contributed by atoms with Gasteiger partial charge in [-0.25, -0.2) is 4.98 Å². The maximum absolute atomic E-state index is 11.3. The molecule has 0 saturated heterocycles. The number of amides is 1. The van der Waals surface area contributed by atoms with Crippen LogP contribution in [0.25, 0.3) is 22.8 Å². The van der Waals surface area contributed by atoms with Gasteiger partial charge in [0.05, 0.1) is 11.4 Å². The SMILES string of the molecule is CC(=O)Nc1ccc(CN2CCn3c(-c4cc(C(C)C)[nH]n4)nc(-c4ccccc4)c3C2)cc1. The van der Waals surface area contributed by atoms with Gasteiger partial charge in [0, 0.05) is 50.0 Å². The minimum atomic E-state index is -0.0567. The summed E-state index contributed by atoms with van der Waals surface area (Å²) in [6.45, 7) is 9.29. The van der Waals surface area contributed by atoms with E-state index < -0.39 is 0 Å². The van der Waals surface area contributed by atoms with E-state index in [4.69, 9.17) is 4.98 Å². The zero-order valence-electron chi connectivity index (χ0n) is 19.9. The van der Waals surface area contributed by atoms with E-state index >= 15 is 0 Å². The summed E-state index contributed by atoms with van der Waals surface area (Å²) in [5.74, 6) is 1.26. The molecule has 0 unspecified atom stereocenters. The number of fused-ring (bicyclic) bond motifs is 1. The molecule has 1 aliphatic heterocycles. The monoisotopic (exact) mass is 454 g/mol. The van der Waals surface area contributed by atoms with E-state index in [1.807, 2.05) is 18.2 Å². The summed E-state index contributed by atoms with van der Waals surface area (Å²) < 4.78 is 2.33. The third kappa shape index (κ3) is 4.52. The van der Waals surface area contributed by atoms with E-state index in [2.05, 4.69) is 81.3 Å². The second-order valence-electron chi connectivity index (χ2n) is 9.20.